The van der Waals surface area contributed by atoms with Crippen LogP contribution in [0.5, 0.6) is 11.5 Å². The van der Waals surface area contributed by atoms with Crippen LogP contribution < -0.4 is 15.8 Å². The van der Waals surface area contributed by atoms with Gasteiger partial charge in [-0.25, -0.2) is 0 Å². The van der Waals surface area contributed by atoms with Gasteiger partial charge in [0.05, 0.1) is 31.2 Å². The van der Waals surface area contributed by atoms with E-state index in [0.717, 1.165) is 5.56 Å². The zero-order valence-corrected chi connectivity index (χ0v) is 28.4. The van der Waals surface area contributed by atoms with Crippen LogP contribution in [0.4, 0.5) is 0 Å². The van der Waals surface area contributed by atoms with E-state index >= 15 is 0 Å². The summed E-state index contributed by atoms with van der Waals surface area (Å²) in [5.41, 5.74) is 4.89. The number of rotatable bonds is 10. The van der Waals surface area contributed by atoms with Crippen molar-refractivity contribution in [1.29, 1.82) is 0 Å². The number of carbonyl (C=O) groups is 6. The number of fused-ring (bicyclic) bond motifs is 3. The number of aliphatic hydroxyl groups is 1. The number of amides is 1. The Bertz CT molecular complexity index is 1740. The number of ketones is 4. The Hall–Kier alpha value is -4.46. The number of ether oxygens (including phenoxy) is 2. The Morgan fingerprint density at radius 2 is 1.78 bits per heavy atom. The summed E-state index contributed by atoms with van der Waals surface area (Å²) >= 11 is 0. The lowest BCUT2D eigenvalue weighted by atomic mass is 9.52. The Balaban J connectivity index is 1.57. The Morgan fingerprint density at radius 3 is 2.37 bits per heavy atom. The first-order valence-corrected chi connectivity index (χ1v) is 16.4. The van der Waals surface area contributed by atoms with Crippen LogP contribution in [0.15, 0.2) is 30.3 Å². The van der Waals surface area contributed by atoms with Gasteiger partial charge in [0.25, 0.3) is 0 Å². The van der Waals surface area contributed by atoms with Crippen LogP contribution in [0.1, 0.15) is 48.7 Å². The van der Waals surface area contributed by atoms with Crippen molar-refractivity contribution in [3.63, 3.8) is 0 Å². The predicted octanol–water partition coefficient (Wildman–Crippen LogP) is 1.22. The number of phenolic OH excluding ortho intramolecular Hbond substituents is 1. The van der Waals surface area contributed by atoms with E-state index in [-0.39, 0.29) is 42.6 Å². The minimum absolute atomic E-state index is 0.0424. The zero-order chi connectivity index (χ0) is 36.1. The summed E-state index contributed by atoms with van der Waals surface area (Å²) in [5, 5.41) is 26.1. The molecule has 1 amide bonds. The number of nitrogens with zero attached hydrogens (tertiary/aromatic N) is 1. The van der Waals surface area contributed by atoms with Crippen LogP contribution in [0.25, 0.3) is 11.1 Å². The standard InChI is InChI=1S/C36H43N3O10/c1-7-49-35(46)28(16(2)3)38-15-17-8-11-24(48-6)20(12-17)19-9-10-23(40)26-21(19)13-18-14-22-29(39(4)5)31(42)27(34(37)45)33(44)36(22,47)32(43)25(18)30(26)41/h8-12,16,18,22,25,27-29,38,40,47H,7,13-15H2,1-6H3,(H2,37,45)/t18-,22-,25?,27?,28?,29?,36-/m0/s1. The summed E-state index contributed by atoms with van der Waals surface area (Å²) in [6, 6.07) is 6.70. The van der Waals surface area contributed by atoms with E-state index in [1.807, 2.05) is 26.0 Å². The highest BCUT2D eigenvalue weighted by molar-refractivity contribution is 6.32. The summed E-state index contributed by atoms with van der Waals surface area (Å²) < 4.78 is 10.9. The molecule has 0 radical (unpaired) electrons. The third kappa shape index (κ3) is 5.83. The van der Waals surface area contributed by atoms with Gasteiger partial charge < -0.3 is 30.7 Å². The van der Waals surface area contributed by atoms with Crippen LogP contribution in [0.3, 0.4) is 0 Å². The number of benzene rings is 2. The zero-order valence-electron chi connectivity index (χ0n) is 28.4. The maximum absolute atomic E-state index is 14.2. The number of phenols is 1. The van der Waals surface area contributed by atoms with E-state index in [9.17, 15) is 39.0 Å². The number of nitrogens with two attached hydrogens (primary N) is 1. The second kappa shape index (κ2) is 13.4. The molecule has 5 N–H and O–H groups in total. The van der Waals surface area contributed by atoms with E-state index in [4.69, 9.17) is 15.2 Å². The first kappa shape index (κ1) is 35.8. The van der Waals surface area contributed by atoms with E-state index in [0.29, 0.717) is 29.0 Å². The van der Waals surface area contributed by atoms with Crippen molar-refractivity contribution in [2.75, 3.05) is 27.8 Å². The summed E-state index contributed by atoms with van der Waals surface area (Å²) in [5.74, 6) is -11.1. The first-order chi connectivity index (χ1) is 23.1. The molecule has 2 aromatic carbocycles. The fourth-order valence-corrected chi connectivity index (χ4v) is 7.98. The smallest absolute Gasteiger partial charge is 0.323 e. The normalized spacial score (nSPS) is 27.0. The summed E-state index contributed by atoms with van der Waals surface area (Å²) in [4.78, 5) is 81.5. The number of nitrogens with one attached hydrogen (secondary N) is 1. The lowest BCUT2D eigenvalue weighted by Crippen LogP contribution is -2.74. The van der Waals surface area contributed by atoms with Crippen LogP contribution in [0, 0.1) is 29.6 Å². The van der Waals surface area contributed by atoms with Gasteiger partial charge in [0.15, 0.2) is 34.7 Å². The first-order valence-electron chi connectivity index (χ1n) is 16.4. The largest absolute Gasteiger partial charge is 0.507 e. The fraction of sp³-hybridized carbons (Fsp3) is 0.500. The fourth-order valence-electron chi connectivity index (χ4n) is 7.98. The Labute approximate surface area is 284 Å². The highest BCUT2D eigenvalue weighted by atomic mass is 16.5. The average molecular weight is 678 g/mol. The molecule has 262 valence electrons. The monoisotopic (exact) mass is 677 g/mol. The molecular weight excluding hydrogens is 634 g/mol. The lowest BCUT2D eigenvalue weighted by Gasteiger charge is -2.52. The van der Waals surface area contributed by atoms with Crippen molar-refractivity contribution in [3.05, 3.63) is 47.0 Å². The SMILES string of the molecule is CCOC(=O)C(NCc1ccc(OC)c(-c2ccc(O)c3c2C[C@H]2C[C@H]4C(N(C)C)C(=O)C(C(N)=O)C(=O)[C@@]4(O)C(=O)C2C3=O)c1)C(C)C. The Kier molecular flexibility index (Phi) is 9.84. The van der Waals surface area contributed by atoms with E-state index in [2.05, 4.69) is 5.32 Å². The molecule has 0 spiro atoms. The van der Waals surface area contributed by atoms with Gasteiger partial charge in [-0.3, -0.25) is 33.7 Å². The van der Waals surface area contributed by atoms with E-state index in [1.165, 1.54) is 32.2 Å². The van der Waals surface area contributed by atoms with Crippen molar-refractivity contribution in [3.8, 4) is 22.6 Å². The van der Waals surface area contributed by atoms with Gasteiger partial charge in [-0.15, -0.1) is 0 Å². The second-order valence-corrected chi connectivity index (χ2v) is 13.7. The number of likely N-dealkylation sites (N-methyl/N-ethyl adjacent to an activating group) is 1. The number of aromatic hydroxyl groups is 1. The highest BCUT2D eigenvalue weighted by Gasteiger charge is 2.69. The number of Topliss-reactive ketones (excluding diaryl/α,β-unsaturated/α-hetero) is 4. The average Bonchev–Trinajstić information content (AvgIpc) is 3.02. The molecule has 2 aromatic rings. The number of methoxy groups -OCH3 is 1. The van der Waals surface area contributed by atoms with Crippen molar-refractivity contribution >= 4 is 35.0 Å². The van der Waals surface area contributed by atoms with Crippen molar-refractivity contribution < 1.29 is 48.5 Å². The molecule has 13 heteroatoms. The molecule has 13 nitrogen and oxygen atoms in total. The van der Waals surface area contributed by atoms with Gasteiger partial charge >= 0.3 is 5.97 Å². The molecule has 2 saturated carbocycles. The van der Waals surface area contributed by atoms with Gasteiger partial charge in [0.2, 0.25) is 5.91 Å². The van der Waals surface area contributed by atoms with E-state index in [1.54, 1.807) is 19.1 Å². The molecule has 3 aliphatic carbocycles. The molecule has 3 aliphatic rings. The molecule has 5 rings (SSSR count). The molecule has 0 bridgehead atoms. The molecule has 7 atom stereocenters. The maximum Gasteiger partial charge on any atom is 0.323 e. The molecular formula is C36H43N3O10. The highest BCUT2D eigenvalue weighted by Crippen LogP contribution is 2.52. The molecule has 0 aliphatic heterocycles. The summed E-state index contributed by atoms with van der Waals surface area (Å²) in [6.07, 6.45) is 0.0318. The van der Waals surface area contributed by atoms with Crippen molar-refractivity contribution in [2.24, 2.45) is 35.3 Å². The van der Waals surface area contributed by atoms with Gasteiger partial charge in [0, 0.05) is 18.0 Å². The maximum atomic E-state index is 14.2. The summed E-state index contributed by atoms with van der Waals surface area (Å²) in [6.45, 7) is 6.12. The molecule has 4 unspecified atom stereocenters. The van der Waals surface area contributed by atoms with Gasteiger partial charge in [0.1, 0.15) is 17.5 Å². The number of hydrogen-bond donors (Lipinski definition) is 4. The molecule has 0 saturated heterocycles. The topological polar surface area (TPSA) is 203 Å². The number of hydrogen-bond acceptors (Lipinski definition) is 12. The number of carbonyl (C=O) groups excluding carboxylic acids is 6. The summed E-state index contributed by atoms with van der Waals surface area (Å²) in [7, 11) is 4.57. The Morgan fingerprint density at radius 1 is 1.08 bits per heavy atom. The molecule has 0 aromatic heterocycles. The quantitative estimate of drug-likeness (QED) is 0.207. The van der Waals surface area contributed by atoms with Crippen LogP contribution in [-0.4, -0.2) is 95.6 Å². The third-order valence-electron chi connectivity index (χ3n) is 10.2. The van der Waals surface area contributed by atoms with Crippen molar-refractivity contribution in [1.82, 2.24) is 10.2 Å². The molecule has 2 fully saturated rings. The minimum atomic E-state index is -2.80. The van der Waals surface area contributed by atoms with Gasteiger partial charge in [-0.1, -0.05) is 26.0 Å². The van der Waals surface area contributed by atoms with Gasteiger partial charge in [-0.2, -0.15) is 0 Å². The second-order valence-electron chi connectivity index (χ2n) is 13.7. The van der Waals surface area contributed by atoms with Crippen LogP contribution >= 0.6 is 0 Å². The minimum Gasteiger partial charge on any atom is -0.507 e. The lowest BCUT2D eigenvalue weighted by molar-refractivity contribution is -0.181. The number of esters is 1. The van der Waals surface area contributed by atoms with E-state index < -0.39 is 70.4 Å². The molecule has 49 heavy (non-hydrogen) atoms. The van der Waals surface area contributed by atoms with Crippen LogP contribution in [-0.2, 0) is 41.7 Å². The van der Waals surface area contributed by atoms with Crippen molar-refractivity contribution in [2.45, 2.75) is 57.8 Å². The van der Waals surface area contributed by atoms with Gasteiger partial charge in [-0.05, 0) is 80.6 Å². The van der Waals surface area contributed by atoms with Crippen LogP contribution in [0.2, 0.25) is 0 Å². The predicted molar refractivity (Wildman–Crippen MR) is 175 cm³/mol. The molecule has 0 heterocycles. The number of primary amides is 1. The third-order valence-corrected chi connectivity index (χ3v) is 10.2.